The molecule has 0 aromatic rings. The summed E-state index contributed by atoms with van der Waals surface area (Å²) in [6, 6.07) is 0. The van der Waals surface area contributed by atoms with Crippen molar-refractivity contribution in [3.8, 4) is 0 Å². The minimum atomic E-state index is -0.667. The van der Waals surface area contributed by atoms with Crippen LogP contribution in [0, 0.1) is 11.8 Å². The van der Waals surface area contributed by atoms with E-state index in [2.05, 4.69) is 43.1 Å². The molecule has 0 saturated carbocycles. The Morgan fingerprint density at radius 3 is 1.59 bits per heavy atom. The van der Waals surface area contributed by atoms with Crippen molar-refractivity contribution in [3.05, 3.63) is 0 Å². The standard InChI is InChI=1S/2C7H15N.C5H13NO.2C2H6/c1-7-3-5-8(2)6-4-7;1-7-4-3-5-8(2)6-7;1-4-5(2,7)6-3;2*1-2/h2*7H,3-6H2,1-2H3;6-7H,4H2,1-3H3;2*1-2H3. The van der Waals surface area contributed by atoms with E-state index in [-0.39, 0.29) is 0 Å². The summed E-state index contributed by atoms with van der Waals surface area (Å²) >= 11 is 0. The maximum absolute atomic E-state index is 9.02. The highest BCUT2D eigenvalue weighted by Gasteiger charge is 2.12. The average molecular weight is 390 g/mol. The van der Waals surface area contributed by atoms with Crippen molar-refractivity contribution in [2.45, 2.75) is 93.2 Å². The van der Waals surface area contributed by atoms with Crippen LogP contribution in [0.2, 0.25) is 0 Å². The van der Waals surface area contributed by atoms with Crippen molar-refractivity contribution in [1.29, 1.82) is 0 Å². The summed E-state index contributed by atoms with van der Waals surface area (Å²) in [5, 5.41) is 11.8. The van der Waals surface area contributed by atoms with Crippen LogP contribution in [0.15, 0.2) is 0 Å². The topological polar surface area (TPSA) is 38.7 Å². The average Bonchev–Trinajstić information content (AvgIpc) is 2.68. The summed E-state index contributed by atoms with van der Waals surface area (Å²) in [6.45, 7) is 21.6. The molecule has 0 radical (unpaired) electrons. The fourth-order valence-corrected chi connectivity index (χ4v) is 2.74. The maximum Gasteiger partial charge on any atom is 0.112 e. The van der Waals surface area contributed by atoms with Gasteiger partial charge in [0.2, 0.25) is 0 Å². The number of nitrogens with zero attached hydrogens (tertiary/aromatic N) is 2. The lowest BCUT2D eigenvalue weighted by atomic mass is 10.00. The molecule has 4 nitrogen and oxygen atoms in total. The van der Waals surface area contributed by atoms with E-state index in [4.69, 9.17) is 5.11 Å². The molecule has 0 bridgehead atoms. The summed E-state index contributed by atoms with van der Waals surface area (Å²) < 4.78 is 0. The Morgan fingerprint density at radius 2 is 1.37 bits per heavy atom. The zero-order chi connectivity index (χ0) is 21.9. The van der Waals surface area contributed by atoms with Crippen LogP contribution >= 0.6 is 0 Å². The second-order valence-corrected chi connectivity index (χ2v) is 7.87. The molecule has 2 rings (SSSR count). The molecule has 2 atom stereocenters. The molecule has 2 heterocycles. The van der Waals surface area contributed by atoms with Crippen LogP contribution in [0.1, 0.15) is 87.5 Å². The minimum Gasteiger partial charge on any atom is -0.376 e. The van der Waals surface area contributed by atoms with Crippen molar-refractivity contribution >= 4 is 0 Å². The van der Waals surface area contributed by atoms with E-state index < -0.39 is 5.72 Å². The van der Waals surface area contributed by atoms with Gasteiger partial charge in [-0.2, -0.15) is 0 Å². The summed E-state index contributed by atoms with van der Waals surface area (Å²) in [5.74, 6) is 1.92. The molecule has 2 saturated heterocycles. The molecule has 2 aliphatic heterocycles. The fraction of sp³-hybridized carbons (Fsp3) is 1.00. The lowest BCUT2D eigenvalue weighted by Crippen LogP contribution is -2.38. The largest absolute Gasteiger partial charge is 0.376 e. The van der Waals surface area contributed by atoms with Crippen LogP contribution in [0.3, 0.4) is 0 Å². The monoisotopic (exact) mass is 389 g/mol. The van der Waals surface area contributed by atoms with Gasteiger partial charge in [-0.05, 0) is 91.6 Å². The third kappa shape index (κ3) is 22.0. The normalized spacial score (nSPS) is 22.9. The molecule has 4 heteroatoms. The fourth-order valence-electron chi connectivity index (χ4n) is 2.74. The third-order valence-electron chi connectivity index (χ3n) is 5.09. The smallest absolute Gasteiger partial charge is 0.112 e. The van der Waals surface area contributed by atoms with Gasteiger partial charge in [0.05, 0.1) is 0 Å². The molecule has 2 aliphatic rings. The van der Waals surface area contributed by atoms with Gasteiger partial charge in [-0.1, -0.05) is 48.5 Å². The molecule has 2 fully saturated rings. The first-order valence-electron chi connectivity index (χ1n) is 11.5. The maximum atomic E-state index is 9.02. The first-order valence-corrected chi connectivity index (χ1v) is 11.5. The Hall–Kier alpha value is -0.160. The summed E-state index contributed by atoms with van der Waals surface area (Å²) in [6.07, 6.45) is 6.37. The summed E-state index contributed by atoms with van der Waals surface area (Å²) in [5.41, 5.74) is -0.667. The van der Waals surface area contributed by atoms with E-state index >= 15 is 0 Å². The van der Waals surface area contributed by atoms with Crippen LogP contribution in [0.4, 0.5) is 0 Å². The summed E-state index contributed by atoms with van der Waals surface area (Å²) in [4.78, 5) is 4.81. The number of aliphatic hydroxyl groups is 1. The van der Waals surface area contributed by atoms with Gasteiger partial charge in [0.15, 0.2) is 0 Å². The predicted octanol–water partition coefficient (Wildman–Crippen LogP) is 5.07. The van der Waals surface area contributed by atoms with Crippen LogP contribution in [0.5, 0.6) is 0 Å². The van der Waals surface area contributed by atoms with Crippen molar-refractivity contribution in [3.63, 3.8) is 0 Å². The van der Waals surface area contributed by atoms with Gasteiger partial charge < -0.3 is 14.9 Å². The van der Waals surface area contributed by atoms with Crippen molar-refractivity contribution in [2.75, 3.05) is 47.3 Å². The number of hydrogen-bond acceptors (Lipinski definition) is 4. The van der Waals surface area contributed by atoms with Crippen molar-refractivity contribution in [1.82, 2.24) is 15.1 Å². The minimum absolute atomic E-state index is 0.667. The number of hydrogen-bond donors (Lipinski definition) is 2. The van der Waals surface area contributed by atoms with Gasteiger partial charge in [-0.25, -0.2) is 0 Å². The van der Waals surface area contributed by atoms with Gasteiger partial charge in [-0.3, -0.25) is 5.32 Å². The second-order valence-electron chi connectivity index (χ2n) is 7.87. The highest BCUT2D eigenvalue weighted by Crippen LogP contribution is 2.13. The Morgan fingerprint density at radius 1 is 0.889 bits per heavy atom. The van der Waals surface area contributed by atoms with E-state index in [1.54, 1.807) is 14.0 Å². The first kappa shape index (κ1) is 31.5. The highest BCUT2D eigenvalue weighted by atomic mass is 16.3. The van der Waals surface area contributed by atoms with Crippen LogP contribution in [-0.4, -0.2) is 68.0 Å². The molecule has 0 aliphatic carbocycles. The predicted molar refractivity (Wildman–Crippen MR) is 124 cm³/mol. The van der Waals surface area contributed by atoms with Crippen LogP contribution < -0.4 is 5.32 Å². The molecule has 2 unspecified atom stereocenters. The Bertz CT molecular complexity index is 253. The SMILES string of the molecule is CC.CC.CC1CCCN(C)C1.CC1CCN(C)CC1.CCC(C)(O)NC. The van der Waals surface area contributed by atoms with E-state index in [1.165, 1.54) is 51.9 Å². The van der Waals surface area contributed by atoms with Gasteiger partial charge in [0.1, 0.15) is 5.72 Å². The van der Waals surface area contributed by atoms with Crippen molar-refractivity contribution < 1.29 is 5.11 Å². The number of likely N-dealkylation sites (tertiary alicyclic amines) is 2. The van der Waals surface area contributed by atoms with E-state index in [9.17, 15) is 0 Å². The van der Waals surface area contributed by atoms with Crippen LogP contribution in [-0.2, 0) is 0 Å². The Labute approximate surface area is 173 Å². The number of rotatable bonds is 2. The first-order chi connectivity index (χ1) is 12.7. The Kier molecular flexibility index (Phi) is 24.0. The third-order valence-corrected chi connectivity index (χ3v) is 5.09. The van der Waals surface area contributed by atoms with Gasteiger partial charge in [0, 0.05) is 6.54 Å². The molecule has 0 spiro atoms. The van der Waals surface area contributed by atoms with Crippen LogP contribution in [0.25, 0.3) is 0 Å². The molecule has 0 amide bonds. The van der Waals surface area contributed by atoms with Gasteiger partial charge in [-0.15, -0.1) is 0 Å². The Balaban J connectivity index is -0.000000293. The van der Waals surface area contributed by atoms with E-state index in [0.717, 1.165) is 18.3 Å². The molecular formula is C23H55N3O. The zero-order valence-corrected chi connectivity index (χ0v) is 20.9. The lowest BCUT2D eigenvalue weighted by Gasteiger charge is -2.26. The van der Waals surface area contributed by atoms with Gasteiger partial charge in [0.25, 0.3) is 0 Å². The quantitative estimate of drug-likeness (QED) is 0.647. The summed E-state index contributed by atoms with van der Waals surface area (Å²) in [7, 11) is 6.14. The molecular weight excluding hydrogens is 334 g/mol. The highest BCUT2D eigenvalue weighted by molar-refractivity contribution is 4.66. The van der Waals surface area contributed by atoms with Gasteiger partial charge >= 0.3 is 0 Å². The molecule has 0 aromatic carbocycles. The molecule has 27 heavy (non-hydrogen) atoms. The number of nitrogens with one attached hydrogen (secondary N) is 1. The molecule has 2 N–H and O–H groups in total. The lowest BCUT2D eigenvalue weighted by molar-refractivity contribution is 0.0284. The second kappa shape index (κ2) is 20.6. The molecule has 0 aromatic heterocycles. The number of piperidine rings is 2. The zero-order valence-electron chi connectivity index (χ0n) is 20.9. The van der Waals surface area contributed by atoms with Crippen molar-refractivity contribution in [2.24, 2.45) is 11.8 Å². The molecule has 168 valence electrons. The van der Waals surface area contributed by atoms with E-state index in [1.807, 2.05) is 34.6 Å². The van der Waals surface area contributed by atoms with E-state index in [0.29, 0.717) is 0 Å².